The molecule has 52 heavy (non-hydrogen) atoms. The van der Waals surface area contributed by atoms with Crippen molar-refractivity contribution in [2.75, 3.05) is 37.7 Å². The van der Waals surface area contributed by atoms with E-state index in [-0.39, 0.29) is 44.5 Å². The monoisotopic (exact) mass is 732 g/mol. The second-order valence-electron chi connectivity index (χ2n) is 19.5. The van der Waals surface area contributed by atoms with Gasteiger partial charge in [-0.1, -0.05) is 65.0 Å². The molecule has 6 aliphatic rings. The van der Waals surface area contributed by atoms with Crippen LogP contribution in [0.1, 0.15) is 122 Å². The van der Waals surface area contributed by atoms with Gasteiger partial charge in [0.15, 0.2) is 9.84 Å². The maximum atomic E-state index is 13.3. The summed E-state index contributed by atoms with van der Waals surface area (Å²) in [6.07, 6.45) is 13.6. The number of fused-ring (bicyclic) bond motifs is 7. The van der Waals surface area contributed by atoms with Crippen LogP contribution in [0.4, 0.5) is 0 Å². The molecule has 9 atom stereocenters. The molecule has 1 aliphatic heterocycles. The van der Waals surface area contributed by atoms with Gasteiger partial charge in [0.05, 0.1) is 17.1 Å². The first kappa shape index (κ1) is 37.8. The van der Waals surface area contributed by atoms with E-state index in [9.17, 15) is 23.1 Å². The number of carboxylic acid groups (broad SMARTS) is 1. The lowest BCUT2D eigenvalue weighted by atomic mass is 9.32. The Hall–Kier alpha value is -2.45. The fourth-order valence-corrected chi connectivity index (χ4v) is 15.4. The molecule has 2 N–H and O–H groups in total. The summed E-state index contributed by atoms with van der Waals surface area (Å²) < 4.78 is 23.7. The third-order valence-electron chi connectivity index (χ3n) is 17.0. The summed E-state index contributed by atoms with van der Waals surface area (Å²) in [6, 6.07) is 7.53. The average Bonchev–Trinajstić information content (AvgIpc) is 3.47. The first-order chi connectivity index (χ1) is 24.4. The molecule has 8 heteroatoms. The second kappa shape index (κ2) is 13.1. The molecule has 1 amide bonds. The van der Waals surface area contributed by atoms with Gasteiger partial charge in [0, 0.05) is 32.6 Å². The van der Waals surface area contributed by atoms with Crippen molar-refractivity contribution in [1.82, 2.24) is 10.2 Å². The number of amides is 1. The lowest BCUT2D eigenvalue weighted by molar-refractivity contribution is -0.225. The summed E-state index contributed by atoms with van der Waals surface area (Å²) in [5, 5.41) is 12.9. The third-order valence-corrected chi connectivity index (χ3v) is 18.6. The van der Waals surface area contributed by atoms with E-state index in [1.165, 1.54) is 49.7 Å². The van der Waals surface area contributed by atoms with Gasteiger partial charge >= 0.3 is 5.97 Å². The molecule has 5 fully saturated rings. The van der Waals surface area contributed by atoms with Crippen LogP contribution in [0, 0.1) is 56.7 Å². The molecule has 7 nitrogen and oxygen atoms in total. The zero-order chi connectivity index (χ0) is 37.5. The van der Waals surface area contributed by atoms with Crippen molar-refractivity contribution >= 4 is 27.3 Å². The first-order valence-corrected chi connectivity index (χ1v) is 22.1. The molecule has 0 radical (unpaired) electrons. The van der Waals surface area contributed by atoms with Crippen LogP contribution in [0.15, 0.2) is 42.5 Å². The Balaban J connectivity index is 1.11. The molecule has 0 aromatic heterocycles. The van der Waals surface area contributed by atoms with Crippen molar-refractivity contribution in [3.8, 4) is 0 Å². The molecule has 9 unspecified atom stereocenters. The van der Waals surface area contributed by atoms with E-state index in [0.717, 1.165) is 31.4 Å². The summed E-state index contributed by atoms with van der Waals surface area (Å²) in [5.74, 6) is 2.43. The topological polar surface area (TPSA) is 104 Å². The maximum absolute atomic E-state index is 13.3. The zero-order valence-corrected chi connectivity index (χ0v) is 33.5. The fourth-order valence-electron chi connectivity index (χ4n) is 14.1. The standard InChI is InChI=1S/C44H64N2O5S/c1-29(2)32-14-20-44(28-45-37(47)17-23-46-24-26-52(50,51)27-25-46)22-21-42(6)34(38(32)44)12-13-36-41(5)18-15-33(30-8-10-31(11-9-30)39(48)49)40(3,4)35(41)16-19-43(36,42)7/h8-11,15,32,34-36,38H,1,12-14,16-28H2,2-7H3,(H,45,47)(H,48,49). The van der Waals surface area contributed by atoms with Crippen molar-refractivity contribution in [3.63, 3.8) is 0 Å². The van der Waals surface area contributed by atoms with Crippen LogP contribution in [-0.4, -0.2) is 68.0 Å². The van der Waals surface area contributed by atoms with Crippen LogP contribution in [0.2, 0.25) is 0 Å². The quantitative estimate of drug-likeness (QED) is 0.261. The van der Waals surface area contributed by atoms with Crippen LogP contribution in [0.25, 0.3) is 5.57 Å². The van der Waals surface area contributed by atoms with Gasteiger partial charge in [-0.3, -0.25) is 4.79 Å². The van der Waals surface area contributed by atoms with Gasteiger partial charge in [-0.25, -0.2) is 13.2 Å². The van der Waals surface area contributed by atoms with Gasteiger partial charge in [0.2, 0.25) is 5.91 Å². The molecule has 4 saturated carbocycles. The molecule has 1 saturated heterocycles. The maximum Gasteiger partial charge on any atom is 0.335 e. The predicted molar refractivity (Wildman–Crippen MR) is 208 cm³/mol. The molecular formula is C44H64N2O5S. The lowest BCUT2D eigenvalue weighted by Crippen LogP contribution is -2.66. The summed E-state index contributed by atoms with van der Waals surface area (Å²) in [6.45, 7) is 22.1. The zero-order valence-electron chi connectivity index (χ0n) is 32.7. The summed E-state index contributed by atoms with van der Waals surface area (Å²) in [7, 11) is -2.93. The molecule has 1 aromatic carbocycles. The van der Waals surface area contributed by atoms with Crippen LogP contribution < -0.4 is 5.32 Å². The van der Waals surface area contributed by atoms with Crippen LogP contribution in [-0.2, 0) is 14.6 Å². The van der Waals surface area contributed by atoms with Crippen LogP contribution in [0.5, 0.6) is 0 Å². The van der Waals surface area contributed by atoms with Crippen molar-refractivity contribution < 1.29 is 23.1 Å². The number of nitrogens with zero attached hydrogens (tertiary/aromatic N) is 1. The highest BCUT2D eigenvalue weighted by Gasteiger charge is 2.70. The molecule has 1 aromatic rings. The molecule has 0 spiro atoms. The number of carboxylic acids is 1. The minimum absolute atomic E-state index is 0.0149. The van der Waals surface area contributed by atoms with E-state index in [2.05, 4.69) is 64.4 Å². The van der Waals surface area contributed by atoms with Crippen molar-refractivity contribution in [1.29, 1.82) is 0 Å². The summed E-state index contributed by atoms with van der Waals surface area (Å²) >= 11 is 0. The number of nitrogens with one attached hydrogen (secondary N) is 1. The summed E-state index contributed by atoms with van der Waals surface area (Å²) in [4.78, 5) is 27.0. The molecule has 7 rings (SSSR count). The van der Waals surface area contributed by atoms with Gasteiger partial charge in [-0.15, -0.1) is 0 Å². The number of hydrogen-bond acceptors (Lipinski definition) is 5. The SMILES string of the molecule is C=C(C)C1CCC2(CNC(=O)CCN3CCS(=O)(=O)CC3)CCC3(C)C(CCC4C5(C)CC=C(c6ccc(C(=O)O)cc6)C(C)(C)C5CCC43C)C12. The van der Waals surface area contributed by atoms with Crippen LogP contribution in [0.3, 0.4) is 0 Å². The van der Waals surface area contributed by atoms with E-state index < -0.39 is 15.8 Å². The van der Waals surface area contributed by atoms with Crippen LogP contribution >= 0.6 is 0 Å². The van der Waals surface area contributed by atoms with E-state index in [4.69, 9.17) is 0 Å². The molecule has 0 bridgehead atoms. The minimum Gasteiger partial charge on any atom is -0.478 e. The highest BCUT2D eigenvalue weighted by atomic mass is 32.2. The third kappa shape index (κ3) is 5.95. The molecule has 5 aliphatic carbocycles. The molecule has 1 heterocycles. The Kier molecular flexibility index (Phi) is 9.53. The number of carbonyl (C=O) groups excluding carboxylic acids is 1. The highest BCUT2D eigenvalue weighted by molar-refractivity contribution is 7.91. The second-order valence-corrected chi connectivity index (χ2v) is 21.8. The van der Waals surface area contributed by atoms with Gasteiger partial charge in [-0.2, -0.15) is 0 Å². The van der Waals surface area contributed by atoms with E-state index in [0.29, 0.717) is 61.2 Å². The van der Waals surface area contributed by atoms with Crippen molar-refractivity contribution in [3.05, 3.63) is 53.6 Å². The minimum atomic E-state index is -2.93. The van der Waals surface area contributed by atoms with Gasteiger partial charge < -0.3 is 15.3 Å². The van der Waals surface area contributed by atoms with Crippen molar-refractivity contribution in [2.45, 2.75) is 106 Å². The number of rotatable bonds is 8. The Bertz CT molecular complexity index is 1740. The number of allylic oxidation sites excluding steroid dienone is 3. The Morgan fingerprint density at radius 3 is 2.25 bits per heavy atom. The molecule has 286 valence electrons. The largest absolute Gasteiger partial charge is 0.478 e. The van der Waals surface area contributed by atoms with Crippen molar-refractivity contribution in [2.24, 2.45) is 56.7 Å². The van der Waals surface area contributed by atoms with E-state index >= 15 is 0 Å². The number of hydrogen-bond donors (Lipinski definition) is 2. The number of aromatic carboxylic acids is 1. The number of carbonyl (C=O) groups is 2. The van der Waals surface area contributed by atoms with Gasteiger partial charge in [0.1, 0.15) is 0 Å². The predicted octanol–water partition coefficient (Wildman–Crippen LogP) is 8.27. The Morgan fingerprint density at radius 1 is 0.904 bits per heavy atom. The lowest BCUT2D eigenvalue weighted by Gasteiger charge is -2.72. The van der Waals surface area contributed by atoms with Gasteiger partial charge in [0.25, 0.3) is 0 Å². The number of sulfone groups is 1. The van der Waals surface area contributed by atoms with E-state index in [1.54, 1.807) is 12.1 Å². The van der Waals surface area contributed by atoms with E-state index in [1.807, 2.05) is 12.1 Å². The fraction of sp³-hybridized carbons (Fsp3) is 0.727. The smallest absolute Gasteiger partial charge is 0.335 e. The Morgan fingerprint density at radius 2 is 1.60 bits per heavy atom. The van der Waals surface area contributed by atoms with Gasteiger partial charge in [-0.05, 0) is 145 Å². The summed E-state index contributed by atoms with van der Waals surface area (Å²) in [5.41, 5.74) is 4.91. The normalized spacial score (nSPS) is 40.7. The average molecular weight is 733 g/mol. The number of benzene rings is 1. The molecular weight excluding hydrogens is 669 g/mol. The first-order valence-electron chi connectivity index (χ1n) is 20.3. The Labute approximate surface area is 313 Å². The highest BCUT2D eigenvalue weighted by Crippen LogP contribution is 2.77.